The number of halogens is 1. The van der Waals surface area contributed by atoms with Gasteiger partial charge in [0, 0.05) is 17.7 Å². The molecule has 0 aliphatic carbocycles. The van der Waals surface area contributed by atoms with Crippen LogP contribution in [0.3, 0.4) is 0 Å². The van der Waals surface area contributed by atoms with E-state index in [1.807, 2.05) is 0 Å². The highest BCUT2D eigenvalue weighted by atomic mass is 35.7. The van der Waals surface area contributed by atoms with Crippen LogP contribution in [0, 0.1) is 11.3 Å². The summed E-state index contributed by atoms with van der Waals surface area (Å²) in [5.74, 6) is 0. The number of hydrogen-bond acceptors (Lipinski definition) is 4. The van der Waals surface area contributed by atoms with Crippen molar-refractivity contribution >= 4 is 18.2 Å². The van der Waals surface area contributed by atoms with Crippen molar-refractivity contribution in [2.45, 2.75) is 12.5 Å². The van der Waals surface area contributed by atoms with E-state index in [0.717, 1.165) is 0 Å². The molecule has 0 spiro atoms. The Bertz CT molecular complexity index is 213. The van der Waals surface area contributed by atoms with Crippen molar-refractivity contribution in [3.8, 4) is 6.07 Å². The molecule has 1 fully saturated rings. The summed E-state index contributed by atoms with van der Waals surface area (Å²) in [5, 5.41) is 8.31. The van der Waals surface area contributed by atoms with Crippen LogP contribution in [0.4, 0.5) is 0 Å². The standard InChI is InChI=1S/C4H5ClNO3P/c5-10(7)8-2-1-4(3-6)9-10/h4H,1-2H2. The first-order valence-corrected chi connectivity index (χ1v) is 5.11. The highest BCUT2D eigenvalue weighted by molar-refractivity contribution is 7.81. The van der Waals surface area contributed by atoms with E-state index in [1.165, 1.54) is 0 Å². The Hall–Kier alpha value is -0.0700. The van der Waals surface area contributed by atoms with Gasteiger partial charge in [0.25, 0.3) is 0 Å². The molecule has 1 aliphatic heterocycles. The monoisotopic (exact) mass is 181 g/mol. The smallest absolute Gasteiger partial charge is 0.297 e. The first kappa shape index (κ1) is 8.03. The molecule has 1 saturated heterocycles. The van der Waals surface area contributed by atoms with Crippen molar-refractivity contribution in [3.05, 3.63) is 0 Å². The Labute approximate surface area is 63.0 Å². The molecule has 0 N–H and O–H groups in total. The Kier molecular flexibility index (Phi) is 2.32. The summed E-state index contributed by atoms with van der Waals surface area (Å²) in [5.41, 5.74) is 0. The summed E-state index contributed by atoms with van der Waals surface area (Å²) in [7, 11) is 0. The number of rotatable bonds is 0. The summed E-state index contributed by atoms with van der Waals surface area (Å²) < 4.78 is 19.9. The van der Waals surface area contributed by atoms with Gasteiger partial charge in [0.05, 0.1) is 12.7 Å². The zero-order valence-electron chi connectivity index (χ0n) is 4.99. The first-order chi connectivity index (χ1) is 4.64. The Morgan fingerprint density at radius 2 is 2.50 bits per heavy atom. The lowest BCUT2D eigenvalue weighted by Gasteiger charge is -2.20. The number of nitrogens with zero attached hydrogens (tertiary/aromatic N) is 1. The number of hydrogen-bond donors (Lipinski definition) is 0. The molecule has 0 aromatic heterocycles. The third-order valence-corrected chi connectivity index (χ3v) is 2.55. The minimum atomic E-state index is -3.41. The molecule has 4 nitrogen and oxygen atoms in total. The lowest BCUT2D eigenvalue weighted by molar-refractivity contribution is 0.123. The third kappa shape index (κ3) is 1.96. The minimum Gasteiger partial charge on any atom is -0.297 e. The van der Waals surface area contributed by atoms with Crippen LogP contribution in [0.25, 0.3) is 0 Å². The largest absolute Gasteiger partial charge is 0.425 e. The second-order valence-corrected chi connectivity index (χ2v) is 4.35. The quantitative estimate of drug-likeness (QED) is 0.533. The molecular formula is C4H5ClNO3P. The van der Waals surface area contributed by atoms with Crippen molar-refractivity contribution < 1.29 is 13.6 Å². The van der Waals surface area contributed by atoms with Crippen molar-refractivity contribution in [3.63, 3.8) is 0 Å². The molecular weight excluding hydrogens is 176 g/mol. The topological polar surface area (TPSA) is 59.3 Å². The van der Waals surface area contributed by atoms with E-state index in [9.17, 15) is 4.57 Å². The Morgan fingerprint density at radius 1 is 1.80 bits per heavy atom. The highest BCUT2D eigenvalue weighted by Gasteiger charge is 2.31. The maximum atomic E-state index is 10.8. The van der Waals surface area contributed by atoms with Gasteiger partial charge in [-0.1, -0.05) is 0 Å². The van der Waals surface area contributed by atoms with Crippen LogP contribution in [0.15, 0.2) is 0 Å². The van der Waals surface area contributed by atoms with Gasteiger partial charge in [0.1, 0.15) is 0 Å². The molecule has 0 amide bonds. The Morgan fingerprint density at radius 3 is 2.90 bits per heavy atom. The molecule has 10 heavy (non-hydrogen) atoms. The van der Waals surface area contributed by atoms with Gasteiger partial charge >= 0.3 is 6.95 Å². The summed E-state index contributed by atoms with van der Waals surface area (Å²) in [4.78, 5) is 0. The molecule has 2 unspecified atom stereocenters. The van der Waals surface area contributed by atoms with Gasteiger partial charge in [-0.15, -0.1) is 0 Å². The van der Waals surface area contributed by atoms with Gasteiger partial charge in [0.2, 0.25) is 0 Å². The third-order valence-electron chi connectivity index (χ3n) is 1.02. The average molecular weight is 182 g/mol. The molecule has 6 heteroatoms. The van der Waals surface area contributed by atoms with Crippen molar-refractivity contribution in [2.75, 3.05) is 6.61 Å². The van der Waals surface area contributed by atoms with Crippen LogP contribution >= 0.6 is 18.2 Å². The van der Waals surface area contributed by atoms with Crippen LogP contribution in [0.2, 0.25) is 0 Å². The van der Waals surface area contributed by atoms with E-state index in [2.05, 4.69) is 9.05 Å². The predicted octanol–water partition coefficient (Wildman–Crippen LogP) is 1.66. The molecule has 56 valence electrons. The van der Waals surface area contributed by atoms with E-state index in [1.54, 1.807) is 6.07 Å². The van der Waals surface area contributed by atoms with E-state index >= 15 is 0 Å². The van der Waals surface area contributed by atoms with Crippen LogP contribution < -0.4 is 0 Å². The minimum absolute atomic E-state index is 0.221. The fourth-order valence-corrected chi connectivity index (χ4v) is 1.93. The van der Waals surface area contributed by atoms with Gasteiger partial charge in [-0.05, 0) is 0 Å². The highest BCUT2D eigenvalue weighted by Crippen LogP contribution is 2.56. The molecule has 0 saturated carbocycles. The summed E-state index contributed by atoms with van der Waals surface area (Å²) >= 11 is 5.21. The van der Waals surface area contributed by atoms with Crippen LogP contribution in [0.1, 0.15) is 6.42 Å². The zero-order valence-corrected chi connectivity index (χ0v) is 6.64. The number of nitriles is 1. The normalized spacial score (nSPS) is 40.6. The summed E-state index contributed by atoms with van der Waals surface area (Å²) in [6.07, 6.45) is -0.259. The van der Waals surface area contributed by atoms with E-state index in [0.29, 0.717) is 6.42 Å². The van der Waals surface area contributed by atoms with E-state index in [4.69, 9.17) is 16.5 Å². The molecule has 0 radical (unpaired) electrons. The Balaban J connectivity index is 2.58. The van der Waals surface area contributed by atoms with E-state index in [-0.39, 0.29) is 6.61 Å². The molecule has 0 aromatic carbocycles. The van der Waals surface area contributed by atoms with Gasteiger partial charge in [-0.25, -0.2) is 4.57 Å². The fourth-order valence-electron chi connectivity index (χ4n) is 0.592. The molecule has 1 rings (SSSR count). The lowest BCUT2D eigenvalue weighted by Crippen LogP contribution is -2.16. The lowest BCUT2D eigenvalue weighted by atomic mass is 10.3. The molecule has 0 aromatic rings. The van der Waals surface area contributed by atoms with E-state index < -0.39 is 13.1 Å². The molecule has 0 bridgehead atoms. The van der Waals surface area contributed by atoms with Crippen LogP contribution in [-0.4, -0.2) is 12.7 Å². The van der Waals surface area contributed by atoms with Crippen LogP contribution in [-0.2, 0) is 13.6 Å². The van der Waals surface area contributed by atoms with Gasteiger partial charge in [-0.2, -0.15) is 5.26 Å². The SMILES string of the molecule is N#CC1CCOP(=O)(Cl)O1. The van der Waals surface area contributed by atoms with Gasteiger partial charge in [-0.3, -0.25) is 9.05 Å². The van der Waals surface area contributed by atoms with Gasteiger partial charge in [0.15, 0.2) is 6.10 Å². The fraction of sp³-hybridized carbons (Fsp3) is 0.750. The second kappa shape index (κ2) is 2.89. The average Bonchev–Trinajstić information content (AvgIpc) is 1.86. The van der Waals surface area contributed by atoms with Crippen LogP contribution in [0.5, 0.6) is 0 Å². The maximum absolute atomic E-state index is 10.8. The van der Waals surface area contributed by atoms with Crippen molar-refractivity contribution in [2.24, 2.45) is 0 Å². The van der Waals surface area contributed by atoms with Crippen molar-refractivity contribution in [1.82, 2.24) is 0 Å². The maximum Gasteiger partial charge on any atom is 0.425 e. The summed E-state index contributed by atoms with van der Waals surface area (Å²) in [6, 6.07) is 1.80. The second-order valence-electron chi connectivity index (χ2n) is 1.78. The molecule has 1 aliphatic rings. The van der Waals surface area contributed by atoms with Crippen molar-refractivity contribution in [1.29, 1.82) is 5.26 Å². The summed E-state index contributed by atoms with van der Waals surface area (Å²) in [6.45, 7) is -3.19. The predicted molar refractivity (Wildman–Crippen MR) is 34.5 cm³/mol. The van der Waals surface area contributed by atoms with Gasteiger partial charge < -0.3 is 0 Å². The zero-order chi connectivity index (χ0) is 7.61. The first-order valence-electron chi connectivity index (χ1n) is 2.66. The molecule has 2 atom stereocenters. The molecule has 1 heterocycles.